The molecule has 0 spiro atoms. The quantitative estimate of drug-likeness (QED) is 0.854. The Morgan fingerprint density at radius 2 is 1.78 bits per heavy atom. The van der Waals surface area contributed by atoms with Gasteiger partial charge in [0.05, 0.1) is 10.0 Å². The number of rotatable bonds is 3. The smallest absolute Gasteiger partial charge is 0.156 e. The monoisotopic (exact) mass is 285 g/mol. The first-order valence-electron chi connectivity index (χ1n) is 5.18. The van der Waals surface area contributed by atoms with Gasteiger partial charge in [0.25, 0.3) is 0 Å². The van der Waals surface area contributed by atoms with Gasteiger partial charge in [-0.25, -0.2) is 4.39 Å². The van der Waals surface area contributed by atoms with Gasteiger partial charge in [-0.2, -0.15) is 0 Å². The maximum absolute atomic E-state index is 13.1. The van der Waals surface area contributed by atoms with E-state index in [1.165, 1.54) is 12.1 Å². The van der Waals surface area contributed by atoms with Crippen LogP contribution in [-0.2, 0) is 6.61 Å². The van der Waals surface area contributed by atoms with Crippen molar-refractivity contribution in [2.24, 2.45) is 0 Å². The molecule has 2 rings (SSSR count). The van der Waals surface area contributed by atoms with Gasteiger partial charge in [0, 0.05) is 5.69 Å². The molecule has 0 heterocycles. The zero-order valence-corrected chi connectivity index (χ0v) is 10.8. The molecule has 2 N–H and O–H groups in total. The summed E-state index contributed by atoms with van der Waals surface area (Å²) in [6.07, 6.45) is 0. The Morgan fingerprint density at radius 1 is 1.11 bits per heavy atom. The number of halogens is 3. The molecule has 0 aromatic heterocycles. The average molecular weight is 286 g/mol. The van der Waals surface area contributed by atoms with Crippen LogP contribution in [0.15, 0.2) is 36.4 Å². The maximum Gasteiger partial charge on any atom is 0.156 e. The predicted octanol–water partition coefficient (Wildman–Crippen LogP) is 4.29. The highest BCUT2D eigenvalue weighted by Crippen LogP contribution is 2.33. The lowest BCUT2D eigenvalue weighted by Crippen LogP contribution is -1.99. The fraction of sp³-hybridized carbons (Fsp3) is 0.0769. The molecule has 0 aliphatic heterocycles. The van der Waals surface area contributed by atoms with Gasteiger partial charge in [-0.3, -0.25) is 0 Å². The van der Waals surface area contributed by atoms with Gasteiger partial charge in [0.1, 0.15) is 12.4 Å². The molecule has 0 bridgehead atoms. The standard InChI is InChI=1S/C13H10Cl2FNO/c14-11-2-1-3-12(15)13(11)18-7-8-4-9(16)6-10(17)5-8/h1-6H,7,17H2. The lowest BCUT2D eigenvalue weighted by molar-refractivity contribution is 0.306. The van der Waals surface area contributed by atoms with E-state index in [-0.39, 0.29) is 6.61 Å². The van der Waals surface area contributed by atoms with Crippen molar-refractivity contribution in [1.29, 1.82) is 0 Å². The third kappa shape index (κ3) is 3.06. The Bertz CT molecular complexity index is 534. The highest BCUT2D eigenvalue weighted by atomic mass is 35.5. The number of hydrogen-bond acceptors (Lipinski definition) is 2. The van der Waals surface area contributed by atoms with Crippen LogP contribution in [0.5, 0.6) is 5.75 Å². The van der Waals surface area contributed by atoms with Crippen molar-refractivity contribution in [2.45, 2.75) is 6.61 Å². The Balaban J connectivity index is 2.16. The van der Waals surface area contributed by atoms with Crippen LogP contribution in [0.3, 0.4) is 0 Å². The molecule has 0 aliphatic rings. The van der Waals surface area contributed by atoms with E-state index in [1.54, 1.807) is 24.3 Å². The van der Waals surface area contributed by atoms with Crippen molar-refractivity contribution in [1.82, 2.24) is 0 Å². The number of para-hydroxylation sites is 1. The van der Waals surface area contributed by atoms with E-state index in [0.29, 0.717) is 27.0 Å². The second-order valence-corrected chi connectivity index (χ2v) is 4.55. The summed E-state index contributed by atoms with van der Waals surface area (Å²) in [5, 5.41) is 0.818. The van der Waals surface area contributed by atoms with Gasteiger partial charge < -0.3 is 10.5 Å². The van der Waals surface area contributed by atoms with Gasteiger partial charge >= 0.3 is 0 Å². The Labute approximate surface area is 114 Å². The van der Waals surface area contributed by atoms with Crippen LogP contribution < -0.4 is 10.5 Å². The molecular formula is C13H10Cl2FNO. The fourth-order valence-electron chi connectivity index (χ4n) is 1.53. The van der Waals surface area contributed by atoms with Gasteiger partial charge in [-0.1, -0.05) is 29.3 Å². The zero-order chi connectivity index (χ0) is 13.1. The molecule has 0 atom stereocenters. The van der Waals surface area contributed by atoms with Gasteiger partial charge in [-0.05, 0) is 35.9 Å². The maximum atomic E-state index is 13.1. The molecule has 0 amide bonds. The van der Waals surface area contributed by atoms with Crippen LogP contribution in [0.2, 0.25) is 10.0 Å². The summed E-state index contributed by atoms with van der Waals surface area (Å²) in [5.41, 5.74) is 6.50. The predicted molar refractivity (Wildman–Crippen MR) is 71.6 cm³/mol. The minimum atomic E-state index is -0.404. The summed E-state index contributed by atoms with van der Waals surface area (Å²) < 4.78 is 18.6. The average Bonchev–Trinajstić information content (AvgIpc) is 2.27. The molecule has 18 heavy (non-hydrogen) atoms. The number of benzene rings is 2. The molecule has 2 aromatic rings. The second-order valence-electron chi connectivity index (χ2n) is 3.73. The van der Waals surface area contributed by atoms with E-state index in [9.17, 15) is 4.39 Å². The number of nitrogens with two attached hydrogens (primary N) is 1. The molecule has 0 aliphatic carbocycles. The van der Waals surface area contributed by atoms with Crippen LogP contribution in [0, 0.1) is 5.82 Å². The molecular weight excluding hydrogens is 276 g/mol. The topological polar surface area (TPSA) is 35.2 Å². The summed E-state index contributed by atoms with van der Waals surface area (Å²) in [4.78, 5) is 0. The first-order valence-corrected chi connectivity index (χ1v) is 5.93. The van der Waals surface area contributed by atoms with Crippen molar-refractivity contribution >= 4 is 28.9 Å². The van der Waals surface area contributed by atoms with Crippen molar-refractivity contribution in [3.05, 3.63) is 57.8 Å². The summed E-state index contributed by atoms with van der Waals surface area (Å²) in [7, 11) is 0. The molecule has 5 heteroatoms. The lowest BCUT2D eigenvalue weighted by atomic mass is 10.2. The normalized spacial score (nSPS) is 10.4. The zero-order valence-electron chi connectivity index (χ0n) is 9.29. The number of nitrogen functional groups attached to an aromatic ring is 1. The third-order valence-corrected chi connectivity index (χ3v) is 2.88. The molecule has 0 saturated heterocycles. The van der Waals surface area contributed by atoms with Crippen LogP contribution in [-0.4, -0.2) is 0 Å². The van der Waals surface area contributed by atoms with E-state index in [2.05, 4.69) is 0 Å². The molecule has 0 saturated carbocycles. The minimum Gasteiger partial charge on any atom is -0.486 e. The molecule has 94 valence electrons. The van der Waals surface area contributed by atoms with E-state index in [4.69, 9.17) is 33.7 Å². The van der Waals surface area contributed by atoms with E-state index < -0.39 is 5.82 Å². The van der Waals surface area contributed by atoms with Gasteiger partial charge in [-0.15, -0.1) is 0 Å². The van der Waals surface area contributed by atoms with Crippen LogP contribution in [0.1, 0.15) is 5.56 Å². The first kappa shape index (κ1) is 13.0. The van der Waals surface area contributed by atoms with Crippen LogP contribution in [0.25, 0.3) is 0 Å². The van der Waals surface area contributed by atoms with Crippen molar-refractivity contribution < 1.29 is 9.13 Å². The highest BCUT2D eigenvalue weighted by molar-refractivity contribution is 6.37. The minimum absolute atomic E-state index is 0.144. The van der Waals surface area contributed by atoms with Crippen molar-refractivity contribution in [3.8, 4) is 5.75 Å². The Hall–Kier alpha value is -1.45. The largest absolute Gasteiger partial charge is 0.486 e. The third-order valence-electron chi connectivity index (χ3n) is 2.28. The molecule has 0 radical (unpaired) electrons. The second kappa shape index (κ2) is 5.46. The SMILES string of the molecule is Nc1cc(F)cc(COc2c(Cl)cccc2Cl)c1. The summed E-state index contributed by atoms with van der Waals surface area (Å²) in [5.74, 6) is -0.0254. The molecule has 2 nitrogen and oxygen atoms in total. The van der Waals surface area contributed by atoms with E-state index in [0.717, 1.165) is 0 Å². The number of ether oxygens (including phenoxy) is 1. The number of hydrogen-bond donors (Lipinski definition) is 1. The molecule has 2 aromatic carbocycles. The summed E-state index contributed by atoms with van der Waals surface area (Å²) >= 11 is 11.9. The Kier molecular flexibility index (Phi) is 3.94. The van der Waals surface area contributed by atoms with Crippen molar-refractivity contribution in [3.63, 3.8) is 0 Å². The summed E-state index contributed by atoms with van der Waals surface area (Å²) in [6.45, 7) is 0.144. The fourth-order valence-corrected chi connectivity index (χ4v) is 2.04. The number of anilines is 1. The molecule has 0 fully saturated rings. The van der Waals surface area contributed by atoms with Crippen molar-refractivity contribution in [2.75, 3.05) is 5.73 Å². The van der Waals surface area contributed by atoms with Crippen LogP contribution >= 0.6 is 23.2 Å². The van der Waals surface area contributed by atoms with Gasteiger partial charge in [0.2, 0.25) is 0 Å². The van der Waals surface area contributed by atoms with Crippen LogP contribution in [0.4, 0.5) is 10.1 Å². The molecule has 0 unspecified atom stereocenters. The highest BCUT2D eigenvalue weighted by Gasteiger charge is 2.07. The van der Waals surface area contributed by atoms with E-state index in [1.807, 2.05) is 0 Å². The van der Waals surface area contributed by atoms with E-state index >= 15 is 0 Å². The first-order chi connectivity index (χ1) is 8.56. The van der Waals surface area contributed by atoms with Gasteiger partial charge in [0.15, 0.2) is 5.75 Å². The lowest BCUT2D eigenvalue weighted by Gasteiger charge is -2.10. The summed E-state index contributed by atoms with van der Waals surface area (Å²) in [6, 6.07) is 9.28. The Morgan fingerprint density at radius 3 is 2.39 bits per heavy atom.